The molecule has 7 heteroatoms. The van der Waals surface area contributed by atoms with Gasteiger partial charge in [-0.2, -0.15) is 0 Å². The summed E-state index contributed by atoms with van der Waals surface area (Å²) in [6.45, 7) is 0.514. The molecule has 1 N–H and O–H groups in total. The van der Waals surface area contributed by atoms with Crippen LogP contribution in [0.15, 0.2) is 78.2 Å². The summed E-state index contributed by atoms with van der Waals surface area (Å²) in [5.41, 5.74) is 4.77. The Kier molecular flexibility index (Phi) is 9.87. The number of aromatic carboxylic acids is 1. The van der Waals surface area contributed by atoms with E-state index in [1.165, 1.54) is 73.3 Å². The van der Waals surface area contributed by atoms with Crippen LogP contribution < -0.4 is 4.74 Å². The van der Waals surface area contributed by atoms with Crippen LogP contribution in [0.1, 0.15) is 74.9 Å². The number of ether oxygens (including phenoxy) is 1. The minimum atomic E-state index is -1.02. The summed E-state index contributed by atoms with van der Waals surface area (Å²) in [6.07, 6.45) is 6.65. The SMILES string of the molecule is O=C(O)c1ccc(C(=O)c2nc(-c3ccc(OCc4ccc(C5CCCCC5)cc4)cc3)cs2)cc1.[KH]. The van der Waals surface area contributed by atoms with Crippen LogP contribution in [0.3, 0.4) is 0 Å². The van der Waals surface area contributed by atoms with E-state index in [2.05, 4.69) is 29.2 Å². The van der Waals surface area contributed by atoms with Gasteiger partial charge in [0.1, 0.15) is 12.4 Å². The second-order valence-corrected chi connectivity index (χ2v) is 10.00. The number of carboxylic acids is 1. The van der Waals surface area contributed by atoms with Crippen molar-refractivity contribution in [3.05, 3.63) is 105 Å². The second-order valence-electron chi connectivity index (χ2n) is 9.14. The van der Waals surface area contributed by atoms with Gasteiger partial charge in [-0.25, -0.2) is 9.78 Å². The van der Waals surface area contributed by atoms with Crippen LogP contribution in [0.4, 0.5) is 0 Å². The van der Waals surface area contributed by atoms with E-state index in [-0.39, 0.29) is 62.7 Å². The Morgan fingerprint density at radius 2 is 1.51 bits per heavy atom. The first-order valence-corrected chi connectivity index (χ1v) is 13.1. The molecule has 0 aliphatic heterocycles. The van der Waals surface area contributed by atoms with Gasteiger partial charge in [0.15, 0.2) is 5.01 Å². The third-order valence-corrected chi connectivity index (χ3v) is 7.55. The van der Waals surface area contributed by atoms with E-state index >= 15 is 0 Å². The van der Waals surface area contributed by atoms with E-state index in [9.17, 15) is 9.59 Å². The summed E-state index contributed by atoms with van der Waals surface area (Å²) in [5, 5.41) is 11.2. The summed E-state index contributed by atoms with van der Waals surface area (Å²) in [7, 11) is 0. The normalized spacial score (nSPS) is 13.5. The maximum atomic E-state index is 12.7. The fourth-order valence-electron chi connectivity index (χ4n) is 4.61. The van der Waals surface area contributed by atoms with E-state index in [1.54, 1.807) is 0 Å². The summed E-state index contributed by atoms with van der Waals surface area (Å²) in [4.78, 5) is 28.2. The molecule has 1 aromatic heterocycles. The zero-order valence-electron chi connectivity index (χ0n) is 19.9. The molecule has 5 nitrogen and oxygen atoms in total. The Morgan fingerprint density at radius 1 is 0.865 bits per heavy atom. The number of carboxylic acid groups (broad SMARTS) is 1. The van der Waals surface area contributed by atoms with Gasteiger partial charge in [0.25, 0.3) is 0 Å². The molecular weight excluding hydrogens is 509 g/mol. The van der Waals surface area contributed by atoms with Crippen molar-refractivity contribution in [3.63, 3.8) is 0 Å². The van der Waals surface area contributed by atoms with Crippen molar-refractivity contribution < 1.29 is 19.4 Å². The average molecular weight is 538 g/mol. The summed E-state index contributed by atoms with van der Waals surface area (Å²) < 4.78 is 5.98. The van der Waals surface area contributed by atoms with E-state index in [4.69, 9.17) is 9.84 Å². The number of aromatic nitrogens is 1. The van der Waals surface area contributed by atoms with Crippen LogP contribution in [0.2, 0.25) is 0 Å². The van der Waals surface area contributed by atoms with Gasteiger partial charge in [-0.3, -0.25) is 4.79 Å². The van der Waals surface area contributed by atoms with Crippen LogP contribution in [0.25, 0.3) is 11.3 Å². The molecule has 1 heterocycles. The van der Waals surface area contributed by atoms with Gasteiger partial charge >= 0.3 is 57.4 Å². The molecule has 1 aliphatic carbocycles. The van der Waals surface area contributed by atoms with E-state index < -0.39 is 5.97 Å². The molecule has 1 fully saturated rings. The van der Waals surface area contributed by atoms with Gasteiger partial charge < -0.3 is 9.84 Å². The van der Waals surface area contributed by atoms with Gasteiger partial charge in [-0.05, 0) is 66.3 Å². The van der Waals surface area contributed by atoms with Crippen molar-refractivity contribution in [2.45, 2.75) is 44.6 Å². The molecule has 1 saturated carbocycles. The van der Waals surface area contributed by atoms with Gasteiger partial charge in [0.2, 0.25) is 5.78 Å². The number of hydrogen-bond donors (Lipinski definition) is 1. The van der Waals surface area contributed by atoms with Gasteiger partial charge in [0, 0.05) is 16.5 Å². The molecule has 4 aromatic rings. The molecule has 5 rings (SSSR count). The molecule has 3 aromatic carbocycles. The molecular formula is C30H28KNO4S. The Balaban J connectivity index is 0.00000320. The minimum absolute atomic E-state index is 0. The average Bonchev–Trinajstić information content (AvgIpc) is 3.43. The first-order chi connectivity index (χ1) is 17.6. The summed E-state index contributed by atoms with van der Waals surface area (Å²) in [6, 6.07) is 22.4. The molecule has 0 spiro atoms. The van der Waals surface area contributed by atoms with Crippen molar-refractivity contribution in [1.82, 2.24) is 4.98 Å². The van der Waals surface area contributed by atoms with Crippen molar-refractivity contribution in [2.75, 3.05) is 0 Å². The Bertz CT molecular complexity index is 1340. The topological polar surface area (TPSA) is 76.5 Å². The monoisotopic (exact) mass is 537 g/mol. The molecule has 0 radical (unpaired) electrons. The predicted molar refractivity (Wildman–Crippen MR) is 148 cm³/mol. The number of rotatable bonds is 8. The number of benzene rings is 3. The fourth-order valence-corrected chi connectivity index (χ4v) is 5.40. The fraction of sp³-hybridized carbons (Fsp3) is 0.233. The molecule has 0 atom stereocenters. The van der Waals surface area contributed by atoms with E-state index in [0.717, 1.165) is 22.6 Å². The number of thiazole rings is 1. The Hall–Kier alpha value is -2.13. The van der Waals surface area contributed by atoms with Crippen LogP contribution >= 0.6 is 11.3 Å². The first kappa shape index (κ1) is 27.9. The van der Waals surface area contributed by atoms with Gasteiger partial charge in [-0.15, -0.1) is 11.3 Å². The van der Waals surface area contributed by atoms with Gasteiger partial charge in [0.05, 0.1) is 11.3 Å². The third-order valence-electron chi connectivity index (χ3n) is 6.70. The zero-order chi connectivity index (χ0) is 24.9. The molecule has 0 bridgehead atoms. The standard InChI is InChI=1S/C30H27NO4S.K.H/c32-28(24-10-12-25(13-11-24)30(33)34)29-31-27(19-36-29)23-14-16-26(17-15-23)35-18-20-6-8-22(9-7-20)21-4-2-1-3-5-21;;/h6-17,19,21H,1-5,18H2,(H,33,34);;. The predicted octanol–water partition coefficient (Wildman–Crippen LogP) is 6.72. The number of nitrogens with zero attached hydrogens (tertiary/aromatic N) is 1. The molecule has 37 heavy (non-hydrogen) atoms. The maximum absolute atomic E-state index is 12.7. The first-order valence-electron chi connectivity index (χ1n) is 12.2. The number of hydrogen-bond acceptors (Lipinski definition) is 5. The Morgan fingerprint density at radius 3 is 2.16 bits per heavy atom. The Labute approximate surface area is 263 Å². The number of ketones is 1. The zero-order valence-corrected chi connectivity index (χ0v) is 20.7. The number of carbonyl (C=O) groups excluding carboxylic acids is 1. The molecule has 0 saturated heterocycles. The molecule has 0 amide bonds. The second kappa shape index (κ2) is 13.1. The molecule has 184 valence electrons. The van der Waals surface area contributed by atoms with E-state index in [1.807, 2.05) is 29.6 Å². The van der Waals surface area contributed by atoms with Crippen LogP contribution in [0, 0.1) is 0 Å². The molecule has 1 aliphatic rings. The van der Waals surface area contributed by atoms with Crippen molar-refractivity contribution in [2.24, 2.45) is 0 Å². The van der Waals surface area contributed by atoms with Gasteiger partial charge in [-0.1, -0.05) is 55.7 Å². The third kappa shape index (κ3) is 7.05. The van der Waals surface area contributed by atoms with E-state index in [0.29, 0.717) is 23.1 Å². The summed E-state index contributed by atoms with van der Waals surface area (Å²) >= 11 is 1.27. The van der Waals surface area contributed by atoms with Crippen LogP contribution in [0.5, 0.6) is 5.75 Å². The van der Waals surface area contributed by atoms with Crippen LogP contribution in [-0.4, -0.2) is 73.2 Å². The quantitative estimate of drug-likeness (QED) is 0.199. The van der Waals surface area contributed by atoms with Crippen molar-refractivity contribution in [3.8, 4) is 17.0 Å². The number of carbonyl (C=O) groups is 2. The molecule has 0 unspecified atom stereocenters. The van der Waals surface area contributed by atoms with Crippen LogP contribution in [-0.2, 0) is 6.61 Å². The van der Waals surface area contributed by atoms with Crippen molar-refractivity contribution in [1.29, 1.82) is 0 Å². The summed E-state index contributed by atoms with van der Waals surface area (Å²) in [5.74, 6) is 0.239. The van der Waals surface area contributed by atoms with Crippen molar-refractivity contribution >= 4 is 74.5 Å².